The normalized spacial score (nSPS) is 24.9. The molecule has 0 aromatic carbocycles. The molecular formula is C15H30N2. The van der Waals surface area contributed by atoms with E-state index < -0.39 is 0 Å². The minimum atomic E-state index is 0.564. The van der Waals surface area contributed by atoms with Gasteiger partial charge in [0.25, 0.3) is 0 Å². The fourth-order valence-corrected chi connectivity index (χ4v) is 3.62. The van der Waals surface area contributed by atoms with Gasteiger partial charge in [0.1, 0.15) is 0 Å². The summed E-state index contributed by atoms with van der Waals surface area (Å²) in [6, 6.07) is 0. The van der Waals surface area contributed by atoms with Gasteiger partial charge in [0.2, 0.25) is 0 Å². The zero-order valence-corrected chi connectivity index (χ0v) is 11.8. The summed E-state index contributed by atoms with van der Waals surface area (Å²) in [7, 11) is 4.45. The van der Waals surface area contributed by atoms with Crippen molar-refractivity contribution in [1.82, 2.24) is 10.2 Å². The van der Waals surface area contributed by atoms with Crippen LogP contribution in [0.25, 0.3) is 0 Å². The predicted molar refractivity (Wildman–Crippen MR) is 74.3 cm³/mol. The van der Waals surface area contributed by atoms with Gasteiger partial charge in [0.05, 0.1) is 0 Å². The van der Waals surface area contributed by atoms with Crippen molar-refractivity contribution in [1.29, 1.82) is 0 Å². The highest BCUT2D eigenvalue weighted by atomic mass is 15.1. The lowest BCUT2D eigenvalue weighted by Crippen LogP contribution is -2.42. The summed E-state index contributed by atoms with van der Waals surface area (Å²) in [5.74, 6) is 1.03. The van der Waals surface area contributed by atoms with Crippen LogP contribution in [0.15, 0.2) is 0 Å². The Balaban J connectivity index is 1.88. The monoisotopic (exact) mass is 238 g/mol. The lowest BCUT2D eigenvalue weighted by Gasteiger charge is -2.36. The summed E-state index contributed by atoms with van der Waals surface area (Å²) in [5.41, 5.74) is 0.564. The molecule has 0 heterocycles. The third-order valence-corrected chi connectivity index (χ3v) is 4.59. The second-order valence-corrected chi connectivity index (χ2v) is 6.58. The number of hydrogen-bond acceptors (Lipinski definition) is 2. The van der Waals surface area contributed by atoms with Crippen LogP contribution in [0.5, 0.6) is 0 Å². The van der Waals surface area contributed by atoms with Crippen LogP contribution < -0.4 is 5.32 Å². The Labute approximate surface area is 107 Å². The minimum Gasteiger partial charge on any atom is -0.319 e. The SMILES string of the molecule is CNCC1(CN(C)CC2CC2)CCCCCC1. The van der Waals surface area contributed by atoms with E-state index in [0.29, 0.717) is 5.41 Å². The smallest absolute Gasteiger partial charge is 0.00472 e. The van der Waals surface area contributed by atoms with Crippen LogP contribution in [0, 0.1) is 11.3 Å². The second kappa shape index (κ2) is 6.19. The van der Waals surface area contributed by atoms with Crippen molar-refractivity contribution in [2.75, 3.05) is 33.7 Å². The van der Waals surface area contributed by atoms with Gasteiger partial charge in [-0.1, -0.05) is 25.7 Å². The molecule has 2 aliphatic carbocycles. The lowest BCUT2D eigenvalue weighted by atomic mass is 9.79. The Kier molecular flexibility index (Phi) is 4.87. The molecule has 0 aromatic rings. The van der Waals surface area contributed by atoms with E-state index in [1.54, 1.807) is 0 Å². The molecule has 0 amide bonds. The van der Waals surface area contributed by atoms with E-state index in [2.05, 4.69) is 24.3 Å². The molecule has 0 atom stereocenters. The molecule has 2 nitrogen and oxygen atoms in total. The first-order valence-corrected chi connectivity index (χ1v) is 7.57. The first kappa shape index (κ1) is 13.4. The highest BCUT2D eigenvalue weighted by Gasteiger charge is 2.33. The van der Waals surface area contributed by atoms with Crippen molar-refractivity contribution in [2.24, 2.45) is 11.3 Å². The van der Waals surface area contributed by atoms with Crippen molar-refractivity contribution in [3.63, 3.8) is 0 Å². The van der Waals surface area contributed by atoms with Gasteiger partial charge in [-0.05, 0) is 51.1 Å². The van der Waals surface area contributed by atoms with E-state index in [0.717, 1.165) is 5.92 Å². The van der Waals surface area contributed by atoms with Crippen LogP contribution in [0.2, 0.25) is 0 Å². The standard InChI is InChI=1S/C15H30N2/c1-16-12-15(9-5-3-4-6-10-15)13-17(2)11-14-7-8-14/h14,16H,3-13H2,1-2H3. The first-order valence-electron chi connectivity index (χ1n) is 7.57. The molecule has 2 heteroatoms. The average molecular weight is 238 g/mol. The van der Waals surface area contributed by atoms with E-state index in [4.69, 9.17) is 0 Å². The third kappa shape index (κ3) is 4.26. The van der Waals surface area contributed by atoms with Gasteiger partial charge in [-0.2, -0.15) is 0 Å². The van der Waals surface area contributed by atoms with Crippen molar-refractivity contribution in [3.8, 4) is 0 Å². The van der Waals surface area contributed by atoms with Crippen LogP contribution in [0.3, 0.4) is 0 Å². The number of rotatable bonds is 6. The Morgan fingerprint density at radius 2 is 1.76 bits per heavy atom. The molecule has 0 aromatic heterocycles. The maximum atomic E-state index is 3.45. The Morgan fingerprint density at radius 3 is 2.29 bits per heavy atom. The molecule has 2 fully saturated rings. The van der Waals surface area contributed by atoms with Crippen molar-refractivity contribution in [2.45, 2.75) is 51.4 Å². The number of nitrogens with zero attached hydrogens (tertiary/aromatic N) is 1. The quantitative estimate of drug-likeness (QED) is 0.716. The summed E-state index contributed by atoms with van der Waals surface area (Å²) in [4.78, 5) is 2.61. The van der Waals surface area contributed by atoms with E-state index in [-0.39, 0.29) is 0 Å². The molecule has 17 heavy (non-hydrogen) atoms. The van der Waals surface area contributed by atoms with E-state index in [9.17, 15) is 0 Å². The third-order valence-electron chi connectivity index (χ3n) is 4.59. The summed E-state index contributed by atoms with van der Waals surface area (Å²) in [6.45, 7) is 3.86. The Bertz CT molecular complexity index is 215. The maximum absolute atomic E-state index is 3.45. The van der Waals surface area contributed by atoms with Gasteiger partial charge < -0.3 is 10.2 Å². The lowest BCUT2D eigenvalue weighted by molar-refractivity contribution is 0.145. The second-order valence-electron chi connectivity index (χ2n) is 6.58. The molecule has 0 saturated heterocycles. The first-order chi connectivity index (χ1) is 8.24. The van der Waals surface area contributed by atoms with Gasteiger partial charge in [-0.3, -0.25) is 0 Å². The Hall–Kier alpha value is -0.0800. The van der Waals surface area contributed by atoms with E-state index >= 15 is 0 Å². The van der Waals surface area contributed by atoms with Crippen molar-refractivity contribution < 1.29 is 0 Å². The van der Waals surface area contributed by atoms with Crippen LogP contribution in [-0.2, 0) is 0 Å². The molecule has 0 unspecified atom stereocenters. The highest BCUT2D eigenvalue weighted by molar-refractivity contribution is 4.87. The largest absolute Gasteiger partial charge is 0.319 e. The molecule has 1 N–H and O–H groups in total. The van der Waals surface area contributed by atoms with Gasteiger partial charge >= 0.3 is 0 Å². The Morgan fingerprint density at radius 1 is 1.12 bits per heavy atom. The average Bonchev–Trinajstić information content (AvgIpc) is 3.07. The van der Waals surface area contributed by atoms with Gasteiger partial charge in [0.15, 0.2) is 0 Å². The van der Waals surface area contributed by atoms with E-state index in [1.807, 2.05) is 0 Å². The molecule has 2 aliphatic rings. The van der Waals surface area contributed by atoms with Gasteiger partial charge in [-0.25, -0.2) is 0 Å². The fraction of sp³-hybridized carbons (Fsp3) is 1.00. The maximum Gasteiger partial charge on any atom is 0.00472 e. The highest BCUT2D eigenvalue weighted by Crippen LogP contribution is 2.36. The zero-order chi connectivity index (χ0) is 12.1. The molecule has 0 radical (unpaired) electrons. The zero-order valence-electron chi connectivity index (χ0n) is 11.8. The summed E-state index contributed by atoms with van der Waals surface area (Å²) < 4.78 is 0. The number of nitrogens with one attached hydrogen (secondary N) is 1. The van der Waals surface area contributed by atoms with Crippen LogP contribution in [-0.4, -0.2) is 38.6 Å². The molecule has 2 rings (SSSR count). The molecule has 100 valence electrons. The van der Waals surface area contributed by atoms with Crippen molar-refractivity contribution in [3.05, 3.63) is 0 Å². The summed E-state index contributed by atoms with van der Waals surface area (Å²) >= 11 is 0. The molecule has 0 spiro atoms. The van der Waals surface area contributed by atoms with Gasteiger partial charge in [-0.15, -0.1) is 0 Å². The van der Waals surface area contributed by atoms with Crippen LogP contribution >= 0.6 is 0 Å². The molecule has 0 bridgehead atoms. The van der Waals surface area contributed by atoms with Gasteiger partial charge in [0, 0.05) is 19.6 Å². The topological polar surface area (TPSA) is 15.3 Å². The van der Waals surface area contributed by atoms with Crippen LogP contribution in [0.1, 0.15) is 51.4 Å². The summed E-state index contributed by atoms with van der Waals surface area (Å²) in [5, 5.41) is 3.45. The van der Waals surface area contributed by atoms with Crippen LogP contribution in [0.4, 0.5) is 0 Å². The molecule has 2 saturated carbocycles. The molecular weight excluding hydrogens is 208 g/mol. The molecule has 0 aliphatic heterocycles. The predicted octanol–water partition coefficient (Wildman–Crippen LogP) is 2.89. The summed E-state index contributed by atoms with van der Waals surface area (Å²) in [6.07, 6.45) is 11.6. The fourth-order valence-electron chi connectivity index (χ4n) is 3.62. The van der Waals surface area contributed by atoms with E-state index in [1.165, 1.54) is 71.0 Å². The van der Waals surface area contributed by atoms with Crippen molar-refractivity contribution >= 4 is 0 Å². The minimum absolute atomic E-state index is 0.564. The number of hydrogen-bond donors (Lipinski definition) is 1.